The second kappa shape index (κ2) is 14.1. The van der Waals surface area contributed by atoms with E-state index in [0.717, 1.165) is 103 Å². The molecule has 0 bridgehead atoms. The third-order valence-corrected chi connectivity index (χ3v) is 7.41. The maximum absolute atomic E-state index is 11.9. The molecule has 4 fully saturated rings. The summed E-state index contributed by atoms with van der Waals surface area (Å²) in [7, 11) is 0. The number of amides is 2. The average molecular weight is 539 g/mol. The fraction of sp³-hybridized carbons (Fsp3) is 0.929. The molecule has 4 saturated heterocycles. The van der Waals surface area contributed by atoms with Crippen molar-refractivity contribution in [1.29, 1.82) is 0 Å². The molecule has 0 unspecified atom stereocenters. The van der Waals surface area contributed by atoms with E-state index < -0.39 is 11.2 Å². The van der Waals surface area contributed by atoms with Gasteiger partial charge in [0.1, 0.15) is 11.2 Å². The maximum atomic E-state index is 11.9. The standard InChI is InChI=1S/2C14H27N3O2/c2*1-14(2,3)19-13(18)17-8-6-16(7-9-17)11-12-4-5-15-10-12/h2*12,15H,4-11H2,1-3H3/t2*12-/m11/s1. The number of ether oxygens (including phenoxy) is 2. The summed E-state index contributed by atoms with van der Waals surface area (Å²) in [5.74, 6) is 1.57. The molecule has 2 atom stereocenters. The summed E-state index contributed by atoms with van der Waals surface area (Å²) in [6.07, 6.45) is 2.22. The molecule has 0 radical (unpaired) electrons. The monoisotopic (exact) mass is 538 g/mol. The summed E-state index contributed by atoms with van der Waals surface area (Å²) in [6, 6.07) is 0. The highest BCUT2D eigenvalue weighted by molar-refractivity contribution is 5.68. The summed E-state index contributed by atoms with van der Waals surface area (Å²) in [4.78, 5) is 32.5. The molecule has 0 saturated carbocycles. The lowest BCUT2D eigenvalue weighted by molar-refractivity contribution is 0.0126. The third kappa shape index (κ3) is 11.2. The van der Waals surface area contributed by atoms with Crippen LogP contribution in [0.2, 0.25) is 0 Å². The lowest BCUT2D eigenvalue weighted by Crippen LogP contribution is -2.51. The molecular weight excluding hydrogens is 484 g/mol. The van der Waals surface area contributed by atoms with Crippen molar-refractivity contribution in [3.05, 3.63) is 0 Å². The minimum Gasteiger partial charge on any atom is -0.444 e. The van der Waals surface area contributed by atoms with Crippen LogP contribution in [0.3, 0.4) is 0 Å². The Morgan fingerprint density at radius 3 is 1.24 bits per heavy atom. The summed E-state index contributed by atoms with van der Waals surface area (Å²) >= 11 is 0. The van der Waals surface area contributed by atoms with Gasteiger partial charge < -0.3 is 29.9 Å². The molecule has 38 heavy (non-hydrogen) atoms. The Balaban J connectivity index is 0.000000211. The fourth-order valence-corrected chi connectivity index (χ4v) is 5.35. The molecule has 10 heteroatoms. The van der Waals surface area contributed by atoms with E-state index in [1.54, 1.807) is 0 Å². The Bertz CT molecular complexity index is 663. The van der Waals surface area contributed by atoms with E-state index in [2.05, 4.69) is 20.4 Å². The van der Waals surface area contributed by atoms with Gasteiger partial charge in [-0.15, -0.1) is 0 Å². The van der Waals surface area contributed by atoms with Crippen LogP contribution < -0.4 is 10.6 Å². The summed E-state index contributed by atoms with van der Waals surface area (Å²) < 4.78 is 10.8. The van der Waals surface area contributed by atoms with Gasteiger partial charge in [-0.05, 0) is 92.4 Å². The number of nitrogens with zero attached hydrogens (tertiary/aromatic N) is 4. The van der Waals surface area contributed by atoms with E-state index in [1.807, 2.05) is 51.3 Å². The van der Waals surface area contributed by atoms with Crippen LogP contribution in [0.1, 0.15) is 54.4 Å². The van der Waals surface area contributed by atoms with E-state index in [1.165, 1.54) is 12.8 Å². The van der Waals surface area contributed by atoms with Gasteiger partial charge in [0.15, 0.2) is 0 Å². The van der Waals surface area contributed by atoms with Crippen LogP contribution in [-0.4, -0.2) is 135 Å². The Kier molecular flexibility index (Phi) is 11.5. The van der Waals surface area contributed by atoms with Gasteiger partial charge in [-0.2, -0.15) is 0 Å². The molecule has 2 N–H and O–H groups in total. The average Bonchev–Trinajstić information content (AvgIpc) is 3.53. The minimum absolute atomic E-state index is 0.172. The first kappa shape index (κ1) is 30.9. The highest BCUT2D eigenvalue weighted by Crippen LogP contribution is 2.16. The number of hydrogen-bond donors (Lipinski definition) is 2. The van der Waals surface area contributed by atoms with Crippen LogP contribution >= 0.6 is 0 Å². The zero-order chi connectivity index (χ0) is 27.8. The summed E-state index contributed by atoms with van der Waals surface area (Å²) in [6.45, 7) is 25.4. The fourth-order valence-electron chi connectivity index (χ4n) is 5.35. The van der Waals surface area contributed by atoms with E-state index >= 15 is 0 Å². The Labute approximate surface area is 230 Å². The minimum atomic E-state index is -0.399. The number of nitrogens with one attached hydrogen (secondary N) is 2. The highest BCUT2D eigenvalue weighted by atomic mass is 16.6. The predicted octanol–water partition coefficient (Wildman–Crippen LogP) is 2.30. The van der Waals surface area contributed by atoms with Crippen LogP contribution in [0.15, 0.2) is 0 Å². The first-order valence-electron chi connectivity index (χ1n) is 14.7. The maximum Gasteiger partial charge on any atom is 0.410 e. The van der Waals surface area contributed by atoms with Gasteiger partial charge in [-0.1, -0.05) is 0 Å². The molecule has 10 nitrogen and oxygen atoms in total. The normalized spacial score (nSPS) is 25.6. The Morgan fingerprint density at radius 1 is 0.632 bits per heavy atom. The van der Waals surface area contributed by atoms with Gasteiger partial charge in [0.25, 0.3) is 0 Å². The van der Waals surface area contributed by atoms with Gasteiger partial charge in [-0.3, -0.25) is 9.80 Å². The predicted molar refractivity (Wildman–Crippen MR) is 150 cm³/mol. The number of rotatable bonds is 4. The van der Waals surface area contributed by atoms with Gasteiger partial charge in [0.2, 0.25) is 0 Å². The van der Waals surface area contributed by atoms with Crippen molar-refractivity contribution in [2.24, 2.45) is 11.8 Å². The van der Waals surface area contributed by atoms with Gasteiger partial charge >= 0.3 is 12.2 Å². The smallest absolute Gasteiger partial charge is 0.410 e. The van der Waals surface area contributed by atoms with Crippen molar-refractivity contribution in [2.45, 2.75) is 65.6 Å². The van der Waals surface area contributed by atoms with Crippen molar-refractivity contribution in [1.82, 2.24) is 30.2 Å². The van der Waals surface area contributed by atoms with Crippen LogP contribution in [0.25, 0.3) is 0 Å². The lowest BCUT2D eigenvalue weighted by atomic mass is 10.1. The van der Waals surface area contributed by atoms with Gasteiger partial charge in [-0.25, -0.2) is 9.59 Å². The third-order valence-electron chi connectivity index (χ3n) is 7.41. The zero-order valence-electron chi connectivity index (χ0n) is 24.9. The quantitative estimate of drug-likeness (QED) is 0.564. The molecular formula is C28H54N6O4. The van der Waals surface area contributed by atoms with Crippen molar-refractivity contribution in [3.63, 3.8) is 0 Å². The molecule has 4 aliphatic heterocycles. The van der Waals surface area contributed by atoms with E-state index in [0.29, 0.717) is 0 Å². The summed E-state index contributed by atoms with van der Waals surface area (Å²) in [5, 5.41) is 6.81. The number of carbonyl (C=O) groups is 2. The Hall–Kier alpha value is -1.62. The van der Waals surface area contributed by atoms with E-state index in [9.17, 15) is 9.59 Å². The van der Waals surface area contributed by atoms with E-state index in [4.69, 9.17) is 9.47 Å². The topological polar surface area (TPSA) is 89.6 Å². The number of hydrogen-bond acceptors (Lipinski definition) is 8. The zero-order valence-corrected chi connectivity index (χ0v) is 24.9. The number of carbonyl (C=O) groups excluding carboxylic acids is 2. The molecule has 0 aromatic rings. The molecule has 220 valence electrons. The van der Waals surface area contributed by atoms with Crippen molar-refractivity contribution < 1.29 is 19.1 Å². The first-order chi connectivity index (χ1) is 17.9. The molecule has 4 heterocycles. The molecule has 4 aliphatic rings. The summed E-state index contributed by atoms with van der Waals surface area (Å²) in [5.41, 5.74) is -0.798. The Morgan fingerprint density at radius 2 is 0.974 bits per heavy atom. The molecule has 0 aromatic carbocycles. The number of piperazine rings is 2. The van der Waals surface area contributed by atoms with Crippen molar-refractivity contribution >= 4 is 12.2 Å². The molecule has 0 aliphatic carbocycles. The molecule has 2 amide bonds. The lowest BCUT2D eigenvalue weighted by Gasteiger charge is -2.36. The second-order valence-corrected chi connectivity index (χ2v) is 13.3. The van der Waals surface area contributed by atoms with E-state index in [-0.39, 0.29) is 12.2 Å². The van der Waals surface area contributed by atoms with Gasteiger partial charge in [0, 0.05) is 65.4 Å². The van der Waals surface area contributed by atoms with Crippen LogP contribution in [0.4, 0.5) is 9.59 Å². The van der Waals surface area contributed by atoms with Crippen molar-refractivity contribution in [2.75, 3.05) is 91.6 Å². The van der Waals surface area contributed by atoms with Crippen LogP contribution in [0, 0.1) is 11.8 Å². The van der Waals surface area contributed by atoms with Crippen molar-refractivity contribution in [3.8, 4) is 0 Å². The van der Waals surface area contributed by atoms with Crippen LogP contribution in [-0.2, 0) is 9.47 Å². The first-order valence-corrected chi connectivity index (χ1v) is 14.7. The highest BCUT2D eigenvalue weighted by Gasteiger charge is 2.28. The molecule has 0 spiro atoms. The largest absolute Gasteiger partial charge is 0.444 e. The molecule has 0 aromatic heterocycles. The second-order valence-electron chi connectivity index (χ2n) is 13.3. The molecule has 4 rings (SSSR count). The van der Waals surface area contributed by atoms with Gasteiger partial charge in [0.05, 0.1) is 0 Å². The van der Waals surface area contributed by atoms with Crippen LogP contribution in [0.5, 0.6) is 0 Å². The SMILES string of the molecule is CC(C)(C)OC(=O)N1CCN(C[C@@H]2CCNC2)CC1.CC(C)(C)OC(=O)N1CCN(C[C@@H]2CCNC2)CC1.